The lowest BCUT2D eigenvalue weighted by atomic mass is 10.1. The number of carbonyl (C=O) groups excluding carboxylic acids is 1. The Morgan fingerprint density at radius 3 is 1.48 bits per heavy atom. The zero-order chi connectivity index (χ0) is 17.3. The van der Waals surface area contributed by atoms with Crippen molar-refractivity contribution in [3.8, 4) is 0 Å². The first-order chi connectivity index (χ1) is 8.97. The van der Waals surface area contributed by atoms with E-state index in [1.807, 2.05) is 6.92 Å². The molecule has 0 unspecified atom stereocenters. The van der Waals surface area contributed by atoms with E-state index < -0.39 is 22.2 Å². The predicted octanol–water partition coefficient (Wildman–Crippen LogP) is 4.99. The van der Waals surface area contributed by atoms with E-state index in [-0.39, 0.29) is 10.1 Å². The first-order valence-corrected chi connectivity index (χ1v) is 13.6. The molecule has 0 fully saturated rings. The van der Waals surface area contributed by atoms with Crippen LogP contribution in [0.15, 0.2) is 0 Å². The molecule has 0 rings (SSSR count). The largest absolute Gasteiger partial charge is 0.413 e. The maximum Gasteiger partial charge on any atom is 0.193 e. The van der Waals surface area contributed by atoms with Gasteiger partial charge < -0.3 is 13.6 Å². The van der Waals surface area contributed by atoms with Gasteiger partial charge in [0.15, 0.2) is 22.9 Å². The van der Waals surface area contributed by atoms with Crippen LogP contribution in [0, 0.1) is 0 Å². The SMILES string of the molecule is CC(C)(C)[Si](C)(C)OC[C@](C)(C=O)O[Si](C)(C)C(C)(C)C. The summed E-state index contributed by atoms with van der Waals surface area (Å²) in [6.45, 7) is 24.1. The molecule has 126 valence electrons. The second kappa shape index (κ2) is 6.26. The van der Waals surface area contributed by atoms with E-state index in [4.69, 9.17) is 8.85 Å². The third kappa shape index (κ3) is 5.62. The Bertz CT molecular complexity index is 365. The van der Waals surface area contributed by atoms with E-state index in [1.54, 1.807) is 0 Å². The van der Waals surface area contributed by atoms with Crippen molar-refractivity contribution in [1.29, 1.82) is 0 Å². The fraction of sp³-hybridized carbons (Fsp3) is 0.938. The van der Waals surface area contributed by atoms with Gasteiger partial charge in [-0.25, -0.2) is 0 Å². The third-order valence-corrected chi connectivity index (χ3v) is 14.1. The average molecular weight is 333 g/mol. The summed E-state index contributed by atoms with van der Waals surface area (Å²) in [5, 5.41) is 0.210. The summed E-state index contributed by atoms with van der Waals surface area (Å²) >= 11 is 0. The quantitative estimate of drug-likeness (QED) is 0.508. The van der Waals surface area contributed by atoms with Crippen molar-refractivity contribution in [1.82, 2.24) is 0 Å². The van der Waals surface area contributed by atoms with Crippen molar-refractivity contribution >= 4 is 22.9 Å². The highest BCUT2D eigenvalue weighted by Gasteiger charge is 2.45. The molecule has 0 spiro atoms. The fourth-order valence-electron chi connectivity index (χ4n) is 1.36. The number of hydrogen-bond donors (Lipinski definition) is 0. The normalized spacial score (nSPS) is 17.5. The van der Waals surface area contributed by atoms with Gasteiger partial charge in [0.2, 0.25) is 0 Å². The summed E-state index contributed by atoms with van der Waals surface area (Å²) in [6, 6.07) is 0. The number of hydrogen-bond acceptors (Lipinski definition) is 3. The van der Waals surface area contributed by atoms with Crippen molar-refractivity contribution in [2.24, 2.45) is 0 Å². The molecule has 0 aliphatic rings. The summed E-state index contributed by atoms with van der Waals surface area (Å²) < 4.78 is 12.5. The Hall–Kier alpha value is 0.0238. The van der Waals surface area contributed by atoms with Gasteiger partial charge in [0, 0.05) is 0 Å². The molecular formula is C16H36O3Si2. The standard InChI is InChI=1S/C16H36O3Si2/c1-14(2,3)20(8,9)18-13-16(7,12-17)19-21(10,11)15(4,5)6/h12H,13H2,1-11H3/t16-/m0/s1. The lowest BCUT2D eigenvalue weighted by Crippen LogP contribution is -2.53. The van der Waals surface area contributed by atoms with E-state index >= 15 is 0 Å². The van der Waals surface area contributed by atoms with Gasteiger partial charge >= 0.3 is 0 Å². The molecule has 0 saturated heterocycles. The van der Waals surface area contributed by atoms with Crippen LogP contribution >= 0.6 is 0 Å². The Labute approximate surface area is 134 Å². The molecule has 0 bridgehead atoms. The van der Waals surface area contributed by atoms with E-state index in [1.165, 1.54) is 0 Å². The van der Waals surface area contributed by atoms with Crippen LogP contribution in [0.4, 0.5) is 0 Å². The second-order valence-corrected chi connectivity index (χ2v) is 18.9. The highest BCUT2D eigenvalue weighted by Crippen LogP contribution is 2.40. The Kier molecular flexibility index (Phi) is 6.27. The van der Waals surface area contributed by atoms with Gasteiger partial charge in [0.05, 0.1) is 6.61 Å². The first kappa shape index (κ1) is 21.0. The maximum absolute atomic E-state index is 11.6. The molecule has 0 N–H and O–H groups in total. The van der Waals surface area contributed by atoms with E-state index in [0.29, 0.717) is 6.61 Å². The van der Waals surface area contributed by atoms with Crippen LogP contribution in [0.3, 0.4) is 0 Å². The highest BCUT2D eigenvalue weighted by atomic mass is 28.4. The summed E-state index contributed by atoms with van der Waals surface area (Å²) in [5.74, 6) is 0. The maximum atomic E-state index is 11.6. The van der Waals surface area contributed by atoms with Gasteiger partial charge in [-0.05, 0) is 43.2 Å². The smallest absolute Gasteiger partial charge is 0.193 e. The minimum atomic E-state index is -2.00. The van der Waals surface area contributed by atoms with E-state index in [9.17, 15) is 4.79 Å². The molecule has 0 aromatic heterocycles. The molecule has 0 saturated carbocycles. The van der Waals surface area contributed by atoms with E-state index in [0.717, 1.165) is 6.29 Å². The van der Waals surface area contributed by atoms with Crippen LogP contribution in [0.25, 0.3) is 0 Å². The van der Waals surface area contributed by atoms with Crippen molar-refractivity contribution in [2.75, 3.05) is 6.61 Å². The molecule has 0 heterocycles. The lowest BCUT2D eigenvalue weighted by molar-refractivity contribution is -0.123. The molecule has 21 heavy (non-hydrogen) atoms. The molecule has 5 heteroatoms. The van der Waals surface area contributed by atoms with Gasteiger partial charge in [-0.3, -0.25) is 0 Å². The molecule has 0 aromatic carbocycles. The molecule has 3 nitrogen and oxygen atoms in total. The van der Waals surface area contributed by atoms with Gasteiger partial charge in [0.25, 0.3) is 0 Å². The van der Waals surface area contributed by atoms with Gasteiger partial charge in [-0.1, -0.05) is 41.5 Å². The topological polar surface area (TPSA) is 35.5 Å². The van der Waals surface area contributed by atoms with Crippen LogP contribution in [0.2, 0.25) is 36.3 Å². The van der Waals surface area contributed by atoms with Gasteiger partial charge in [-0.2, -0.15) is 0 Å². The summed E-state index contributed by atoms with van der Waals surface area (Å²) in [7, 11) is -3.88. The van der Waals surface area contributed by atoms with E-state index in [2.05, 4.69) is 67.7 Å². The van der Waals surface area contributed by atoms with Gasteiger partial charge in [0.1, 0.15) is 5.60 Å². The van der Waals surface area contributed by atoms with Gasteiger partial charge in [-0.15, -0.1) is 0 Å². The van der Waals surface area contributed by atoms with Crippen LogP contribution in [0.1, 0.15) is 48.5 Å². The zero-order valence-electron chi connectivity index (χ0n) is 16.0. The number of carbonyl (C=O) groups is 1. The van der Waals surface area contributed by atoms with Crippen LogP contribution in [0.5, 0.6) is 0 Å². The minimum absolute atomic E-state index is 0.0776. The van der Waals surface area contributed by atoms with Crippen molar-refractivity contribution in [2.45, 2.75) is 90.3 Å². The third-order valence-electron chi connectivity index (χ3n) is 5.07. The Balaban J connectivity index is 5.05. The summed E-state index contributed by atoms with van der Waals surface area (Å²) in [5.41, 5.74) is -0.849. The monoisotopic (exact) mass is 332 g/mol. The highest BCUT2D eigenvalue weighted by molar-refractivity contribution is 6.74. The Morgan fingerprint density at radius 2 is 1.19 bits per heavy atom. The first-order valence-electron chi connectivity index (χ1n) is 7.78. The number of aldehydes is 1. The van der Waals surface area contributed by atoms with Crippen LogP contribution < -0.4 is 0 Å². The molecule has 0 radical (unpaired) electrons. The van der Waals surface area contributed by atoms with Crippen LogP contribution in [-0.2, 0) is 13.6 Å². The molecule has 0 aliphatic heterocycles. The minimum Gasteiger partial charge on any atom is -0.413 e. The fourth-order valence-corrected chi connectivity index (χ4v) is 4.02. The van der Waals surface area contributed by atoms with Crippen molar-refractivity contribution in [3.63, 3.8) is 0 Å². The Morgan fingerprint density at radius 1 is 0.810 bits per heavy atom. The predicted molar refractivity (Wildman–Crippen MR) is 95.9 cm³/mol. The van der Waals surface area contributed by atoms with Crippen molar-refractivity contribution < 1.29 is 13.6 Å². The molecule has 0 amide bonds. The summed E-state index contributed by atoms with van der Waals surface area (Å²) in [4.78, 5) is 11.6. The molecule has 0 aromatic rings. The lowest BCUT2D eigenvalue weighted by Gasteiger charge is -2.44. The van der Waals surface area contributed by atoms with Crippen molar-refractivity contribution in [3.05, 3.63) is 0 Å². The average Bonchev–Trinajstić information content (AvgIpc) is 2.23. The summed E-state index contributed by atoms with van der Waals surface area (Å²) in [6.07, 6.45) is 0.917. The number of rotatable bonds is 6. The second-order valence-electron chi connectivity index (χ2n) is 9.34. The molecule has 1 atom stereocenters. The molecular weight excluding hydrogens is 296 g/mol. The van der Waals surface area contributed by atoms with Crippen LogP contribution in [-0.4, -0.2) is 35.1 Å². The molecule has 0 aliphatic carbocycles. The zero-order valence-corrected chi connectivity index (χ0v) is 18.0.